The van der Waals surface area contributed by atoms with E-state index in [9.17, 15) is 14.7 Å². The smallest absolute Gasteiger partial charge is 0.329 e. The number of aromatic nitrogens is 4. The van der Waals surface area contributed by atoms with E-state index in [1.165, 1.54) is 16.2 Å². The van der Waals surface area contributed by atoms with E-state index in [1.54, 1.807) is 6.21 Å². The Morgan fingerprint density at radius 3 is 2.57 bits per heavy atom. The van der Waals surface area contributed by atoms with E-state index in [4.69, 9.17) is 9.47 Å². The van der Waals surface area contributed by atoms with Crippen LogP contribution in [-0.4, -0.2) is 49.2 Å². The van der Waals surface area contributed by atoms with Gasteiger partial charge in [-0.3, -0.25) is 14.3 Å². The normalized spacial score (nSPS) is 12.5. The van der Waals surface area contributed by atoms with Crippen LogP contribution in [0.25, 0.3) is 11.2 Å². The van der Waals surface area contributed by atoms with E-state index in [-0.39, 0.29) is 36.4 Å². The predicted molar refractivity (Wildman–Crippen MR) is 141 cm³/mol. The standard InChI is InChI=1S/C26H30N6O5/c1-17(2)36-16-20(33)14-32-22-23(31(3)26(35)29-24(22)34)28-25(32)30-27-13-18-9-11-21(12-10-18)37-15-19-7-5-4-6-8-19/h4-13,17,20,33H,14-16H2,1-3H3,(H,28,30)(H,29,34,35)/b27-13+. The molecule has 0 saturated heterocycles. The number of imidazole rings is 1. The maximum atomic E-state index is 12.6. The Kier molecular flexibility index (Phi) is 8.16. The fraction of sp³-hybridized carbons (Fsp3) is 0.308. The number of fused-ring (bicyclic) bond motifs is 1. The minimum absolute atomic E-state index is 0.00973. The molecular weight excluding hydrogens is 476 g/mol. The molecule has 37 heavy (non-hydrogen) atoms. The van der Waals surface area contributed by atoms with Crippen molar-refractivity contribution in [2.75, 3.05) is 12.0 Å². The third-order valence-corrected chi connectivity index (χ3v) is 5.53. The van der Waals surface area contributed by atoms with Crippen molar-refractivity contribution in [3.05, 3.63) is 86.6 Å². The van der Waals surface area contributed by atoms with Gasteiger partial charge < -0.3 is 19.1 Å². The maximum absolute atomic E-state index is 12.6. The quantitative estimate of drug-likeness (QED) is 0.210. The lowest BCUT2D eigenvalue weighted by Crippen LogP contribution is -2.30. The Morgan fingerprint density at radius 2 is 1.86 bits per heavy atom. The fourth-order valence-electron chi connectivity index (χ4n) is 3.62. The molecule has 0 radical (unpaired) electrons. The summed E-state index contributed by atoms with van der Waals surface area (Å²) in [5, 5.41) is 14.7. The van der Waals surface area contributed by atoms with Crippen molar-refractivity contribution >= 4 is 23.3 Å². The molecule has 0 fully saturated rings. The predicted octanol–water partition coefficient (Wildman–Crippen LogP) is 2.23. The van der Waals surface area contributed by atoms with E-state index in [2.05, 4.69) is 20.5 Å². The third-order valence-electron chi connectivity index (χ3n) is 5.53. The number of aryl methyl sites for hydroxylation is 1. The highest BCUT2D eigenvalue weighted by Crippen LogP contribution is 2.17. The molecule has 1 atom stereocenters. The summed E-state index contributed by atoms with van der Waals surface area (Å²) in [4.78, 5) is 31.3. The number of hydrogen-bond donors (Lipinski definition) is 3. The van der Waals surface area contributed by atoms with Gasteiger partial charge in [0.25, 0.3) is 5.56 Å². The van der Waals surface area contributed by atoms with E-state index in [1.807, 2.05) is 68.4 Å². The monoisotopic (exact) mass is 506 g/mol. The number of aromatic amines is 1. The Labute approximate surface area is 213 Å². The van der Waals surface area contributed by atoms with Crippen LogP contribution in [0, 0.1) is 0 Å². The number of nitrogens with one attached hydrogen (secondary N) is 2. The molecule has 194 valence electrons. The number of nitrogens with zero attached hydrogens (tertiary/aromatic N) is 4. The lowest BCUT2D eigenvalue weighted by Gasteiger charge is -2.15. The van der Waals surface area contributed by atoms with Crippen molar-refractivity contribution in [1.29, 1.82) is 0 Å². The number of H-pyrrole nitrogens is 1. The lowest BCUT2D eigenvalue weighted by molar-refractivity contribution is -0.000105. The van der Waals surface area contributed by atoms with Gasteiger partial charge in [-0.25, -0.2) is 10.2 Å². The van der Waals surface area contributed by atoms with Crippen LogP contribution in [0.15, 0.2) is 69.3 Å². The molecule has 2 aromatic carbocycles. The number of aliphatic hydroxyl groups excluding tert-OH is 1. The first-order valence-corrected chi connectivity index (χ1v) is 11.9. The first-order chi connectivity index (χ1) is 17.8. The number of anilines is 1. The molecule has 11 heteroatoms. The largest absolute Gasteiger partial charge is 0.489 e. The van der Waals surface area contributed by atoms with Crippen molar-refractivity contribution in [2.45, 2.75) is 39.2 Å². The zero-order chi connectivity index (χ0) is 26.4. The topological polar surface area (TPSA) is 136 Å². The van der Waals surface area contributed by atoms with E-state index >= 15 is 0 Å². The SMILES string of the molecule is CC(C)OCC(O)Cn1c(N/N=C/c2ccc(OCc3ccccc3)cc2)nc2c1c(=O)[nH]c(=O)n2C. The summed E-state index contributed by atoms with van der Waals surface area (Å²) in [5.74, 6) is 0.929. The number of rotatable bonds is 11. The molecule has 0 saturated carbocycles. The fourth-order valence-corrected chi connectivity index (χ4v) is 3.62. The van der Waals surface area contributed by atoms with Gasteiger partial charge in [-0.05, 0) is 49.2 Å². The average Bonchev–Trinajstić information content (AvgIpc) is 3.25. The first-order valence-electron chi connectivity index (χ1n) is 11.9. The highest BCUT2D eigenvalue weighted by Gasteiger charge is 2.19. The van der Waals surface area contributed by atoms with Crippen molar-refractivity contribution in [1.82, 2.24) is 19.1 Å². The molecule has 2 heterocycles. The van der Waals surface area contributed by atoms with Gasteiger partial charge in [-0.2, -0.15) is 10.1 Å². The Balaban J connectivity index is 1.50. The Morgan fingerprint density at radius 1 is 1.14 bits per heavy atom. The molecule has 0 aliphatic heterocycles. The van der Waals surface area contributed by atoms with Gasteiger partial charge in [-0.15, -0.1) is 0 Å². The highest BCUT2D eigenvalue weighted by atomic mass is 16.5. The molecule has 0 aliphatic carbocycles. The van der Waals surface area contributed by atoms with Crippen molar-refractivity contribution in [3.8, 4) is 5.75 Å². The summed E-state index contributed by atoms with van der Waals surface area (Å²) < 4.78 is 14.0. The third kappa shape index (κ3) is 6.51. The van der Waals surface area contributed by atoms with Crippen LogP contribution in [0.2, 0.25) is 0 Å². The van der Waals surface area contributed by atoms with Gasteiger partial charge in [-0.1, -0.05) is 30.3 Å². The lowest BCUT2D eigenvalue weighted by atomic mass is 10.2. The van der Waals surface area contributed by atoms with Crippen LogP contribution in [-0.2, 0) is 24.9 Å². The summed E-state index contributed by atoms with van der Waals surface area (Å²) in [7, 11) is 1.50. The molecule has 4 rings (SSSR count). The first kappa shape index (κ1) is 25.9. The van der Waals surface area contributed by atoms with Crippen LogP contribution >= 0.6 is 0 Å². The van der Waals surface area contributed by atoms with Gasteiger partial charge in [0.2, 0.25) is 5.95 Å². The van der Waals surface area contributed by atoms with Crippen LogP contribution < -0.4 is 21.4 Å². The van der Waals surface area contributed by atoms with Crippen LogP contribution in [0.3, 0.4) is 0 Å². The van der Waals surface area contributed by atoms with Gasteiger partial charge >= 0.3 is 5.69 Å². The molecule has 0 amide bonds. The molecule has 4 aromatic rings. The number of benzene rings is 2. The molecule has 0 aliphatic rings. The zero-order valence-electron chi connectivity index (χ0n) is 20.9. The highest BCUT2D eigenvalue weighted by molar-refractivity contribution is 5.80. The average molecular weight is 507 g/mol. The van der Waals surface area contributed by atoms with E-state index < -0.39 is 17.4 Å². The van der Waals surface area contributed by atoms with Crippen LogP contribution in [0.5, 0.6) is 5.75 Å². The molecular formula is C26H30N6O5. The number of hydrogen-bond acceptors (Lipinski definition) is 8. The summed E-state index contributed by atoms with van der Waals surface area (Å²) in [6.07, 6.45) is 0.617. The van der Waals surface area contributed by atoms with Crippen LogP contribution in [0.1, 0.15) is 25.0 Å². The number of hydrazone groups is 1. The van der Waals surface area contributed by atoms with E-state index in [0.717, 1.165) is 16.9 Å². The van der Waals surface area contributed by atoms with Gasteiger partial charge in [0.1, 0.15) is 12.4 Å². The zero-order valence-corrected chi connectivity index (χ0v) is 20.9. The maximum Gasteiger partial charge on any atom is 0.329 e. The van der Waals surface area contributed by atoms with Gasteiger partial charge in [0.15, 0.2) is 11.2 Å². The molecule has 0 spiro atoms. The van der Waals surface area contributed by atoms with Crippen molar-refractivity contribution in [3.63, 3.8) is 0 Å². The minimum Gasteiger partial charge on any atom is -0.489 e. The Hall–Kier alpha value is -4.22. The van der Waals surface area contributed by atoms with Crippen molar-refractivity contribution < 1.29 is 14.6 Å². The number of ether oxygens (including phenoxy) is 2. The van der Waals surface area contributed by atoms with Crippen molar-refractivity contribution in [2.24, 2.45) is 12.1 Å². The summed E-state index contributed by atoms with van der Waals surface area (Å²) in [5.41, 5.74) is 3.83. The van der Waals surface area contributed by atoms with E-state index in [0.29, 0.717) is 6.61 Å². The summed E-state index contributed by atoms with van der Waals surface area (Å²) >= 11 is 0. The molecule has 3 N–H and O–H groups in total. The Bertz CT molecular complexity index is 1470. The summed E-state index contributed by atoms with van der Waals surface area (Å²) in [6, 6.07) is 17.3. The van der Waals surface area contributed by atoms with Crippen LogP contribution in [0.4, 0.5) is 5.95 Å². The molecule has 2 aromatic heterocycles. The molecule has 1 unspecified atom stereocenters. The van der Waals surface area contributed by atoms with Gasteiger partial charge in [0.05, 0.1) is 31.6 Å². The van der Waals surface area contributed by atoms with Gasteiger partial charge in [0, 0.05) is 7.05 Å². The minimum atomic E-state index is -0.913. The number of aliphatic hydroxyl groups is 1. The second-order valence-corrected chi connectivity index (χ2v) is 8.79. The summed E-state index contributed by atoms with van der Waals surface area (Å²) in [6.45, 7) is 4.28. The molecule has 0 bridgehead atoms. The second kappa shape index (κ2) is 11.7. The second-order valence-electron chi connectivity index (χ2n) is 8.79. The molecule has 11 nitrogen and oxygen atoms in total.